The first-order valence-corrected chi connectivity index (χ1v) is 8.88. The van der Waals surface area contributed by atoms with Crippen LogP contribution in [0, 0.1) is 28.6 Å². The Morgan fingerprint density at radius 2 is 1.71 bits per heavy atom. The fraction of sp³-hybridized carbons (Fsp3) is 0.842. The molecule has 0 bridgehead atoms. The number of carbonyl (C=O) groups excluding carboxylic acids is 1. The molecule has 116 valence electrons. The maximum absolute atomic E-state index is 12.4. The van der Waals surface area contributed by atoms with Gasteiger partial charge in [0, 0.05) is 11.8 Å². The maximum Gasteiger partial charge on any atom is 0.139 e. The van der Waals surface area contributed by atoms with Gasteiger partial charge in [0.25, 0.3) is 0 Å². The van der Waals surface area contributed by atoms with Gasteiger partial charge >= 0.3 is 0 Å². The first-order chi connectivity index (χ1) is 9.95. The first kappa shape index (κ1) is 14.0. The van der Waals surface area contributed by atoms with Crippen molar-refractivity contribution in [1.82, 2.24) is 0 Å². The predicted molar refractivity (Wildman–Crippen MR) is 82.7 cm³/mol. The smallest absolute Gasteiger partial charge is 0.139 e. The van der Waals surface area contributed by atoms with Crippen molar-refractivity contribution < 1.29 is 9.90 Å². The maximum atomic E-state index is 12.4. The van der Waals surface area contributed by atoms with Crippen LogP contribution < -0.4 is 0 Å². The van der Waals surface area contributed by atoms with Gasteiger partial charge in [0.15, 0.2) is 0 Å². The fourth-order valence-electron chi connectivity index (χ4n) is 6.48. The van der Waals surface area contributed by atoms with E-state index in [1.54, 1.807) is 0 Å². The Bertz CT molecular complexity index is 508. The topological polar surface area (TPSA) is 37.3 Å². The largest absolute Gasteiger partial charge is 0.389 e. The van der Waals surface area contributed by atoms with E-state index in [0.29, 0.717) is 17.1 Å². The van der Waals surface area contributed by atoms with Crippen LogP contribution in [0.3, 0.4) is 0 Å². The number of carbonyl (C=O) groups is 1. The molecule has 0 heterocycles. The molecule has 3 fully saturated rings. The minimum absolute atomic E-state index is 0.00702. The lowest BCUT2D eigenvalue weighted by atomic mass is 9.47. The summed E-state index contributed by atoms with van der Waals surface area (Å²) in [5.41, 5.74) is 1.82. The van der Waals surface area contributed by atoms with Gasteiger partial charge in [-0.3, -0.25) is 4.79 Å². The van der Waals surface area contributed by atoms with E-state index in [9.17, 15) is 9.90 Å². The number of allylic oxidation sites excluding steroid dienone is 1. The Morgan fingerprint density at radius 3 is 2.52 bits per heavy atom. The van der Waals surface area contributed by atoms with Crippen LogP contribution in [0.25, 0.3) is 0 Å². The van der Waals surface area contributed by atoms with Gasteiger partial charge in [0.2, 0.25) is 0 Å². The minimum atomic E-state index is -0.216. The van der Waals surface area contributed by atoms with Crippen LogP contribution in [0.15, 0.2) is 11.6 Å². The highest BCUT2D eigenvalue weighted by atomic mass is 16.3. The Hall–Kier alpha value is -0.630. The van der Waals surface area contributed by atoms with Gasteiger partial charge in [-0.15, -0.1) is 0 Å². The number of fused-ring (bicyclic) bond motifs is 5. The molecule has 0 aromatic carbocycles. The molecule has 4 aliphatic carbocycles. The van der Waals surface area contributed by atoms with E-state index < -0.39 is 0 Å². The highest BCUT2D eigenvalue weighted by molar-refractivity contribution is 5.87. The Labute approximate surface area is 128 Å². The highest BCUT2D eigenvalue weighted by Crippen LogP contribution is 2.64. The average Bonchev–Trinajstić information content (AvgIpc) is 2.76. The number of aliphatic hydroxyl groups excluding tert-OH is 1. The van der Waals surface area contributed by atoms with E-state index in [1.165, 1.54) is 18.4 Å². The van der Waals surface area contributed by atoms with Gasteiger partial charge in [-0.05, 0) is 68.1 Å². The lowest BCUT2D eigenvalue weighted by Gasteiger charge is -2.57. The molecule has 0 radical (unpaired) electrons. The summed E-state index contributed by atoms with van der Waals surface area (Å²) in [4.78, 5) is 12.4. The molecule has 6 atom stereocenters. The molecule has 2 nitrogen and oxygen atoms in total. The lowest BCUT2D eigenvalue weighted by Crippen LogP contribution is -2.50. The molecule has 4 aliphatic rings. The normalized spacial score (nSPS) is 52.7. The Kier molecular flexibility index (Phi) is 2.96. The van der Waals surface area contributed by atoms with E-state index in [0.717, 1.165) is 50.4 Å². The number of Topliss-reactive ketones (excluding diaryl/α,β-unsaturated/α-hetero) is 1. The molecule has 0 saturated heterocycles. The number of hydrogen-bond donors (Lipinski definition) is 1. The first-order valence-electron chi connectivity index (χ1n) is 8.88. The average molecular weight is 288 g/mol. The molecule has 3 saturated carbocycles. The summed E-state index contributed by atoms with van der Waals surface area (Å²) in [7, 11) is 0. The summed E-state index contributed by atoms with van der Waals surface area (Å²) in [5, 5.41) is 9.96. The van der Waals surface area contributed by atoms with Crippen LogP contribution >= 0.6 is 0 Å². The van der Waals surface area contributed by atoms with Crippen LogP contribution in [0.4, 0.5) is 0 Å². The summed E-state index contributed by atoms with van der Waals surface area (Å²) in [5.74, 6) is 2.66. The molecular weight excluding hydrogens is 260 g/mol. The summed E-state index contributed by atoms with van der Waals surface area (Å²) < 4.78 is 0. The van der Waals surface area contributed by atoms with Crippen molar-refractivity contribution in [2.45, 2.75) is 71.3 Å². The minimum Gasteiger partial charge on any atom is -0.389 e. The van der Waals surface area contributed by atoms with Crippen molar-refractivity contribution in [1.29, 1.82) is 0 Å². The highest BCUT2D eigenvalue weighted by Gasteiger charge is 2.58. The molecule has 0 aromatic rings. The monoisotopic (exact) mass is 288 g/mol. The van der Waals surface area contributed by atoms with E-state index in [2.05, 4.69) is 19.9 Å². The van der Waals surface area contributed by atoms with Crippen LogP contribution in [0.2, 0.25) is 0 Å². The molecule has 0 spiro atoms. The van der Waals surface area contributed by atoms with Gasteiger partial charge < -0.3 is 5.11 Å². The third-order valence-corrected chi connectivity index (χ3v) is 7.80. The third-order valence-electron chi connectivity index (χ3n) is 7.80. The van der Waals surface area contributed by atoms with Crippen molar-refractivity contribution in [3.63, 3.8) is 0 Å². The van der Waals surface area contributed by atoms with Gasteiger partial charge in [0.05, 0.1) is 6.10 Å². The summed E-state index contributed by atoms with van der Waals surface area (Å²) in [6, 6.07) is 0. The van der Waals surface area contributed by atoms with Gasteiger partial charge in [-0.1, -0.05) is 25.5 Å². The molecule has 0 aliphatic heterocycles. The van der Waals surface area contributed by atoms with Crippen molar-refractivity contribution in [2.24, 2.45) is 28.6 Å². The van der Waals surface area contributed by atoms with Crippen molar-refractivity contribution in [2.75, 3.05) is 0 Å². The van der Waals surface area contributed by atoms with E-state index >= 15 is 0 Å². The molecule has 1 N–H and O–H groups in total. The number of ketones is 1. The van der Waals surface area contributed by atoms with Crippen molar-refractivity contribution >= 4 is 5.78 Å². The quantitative estimate of drug-likeness (QED) is 0.687. The zero-order chi connectivity index (χ0) is 14.8. The number of rotatable bonds is 0. The molecule has 4 rings (SSSR count). The predicted octanol–water partition coefficient (Wildman–Crippen LogP) is 3.88. The Balaban J connectivity index is 1.69. The zero-order valence-electron chi connectivity index (χ0n) is 13.4. The van der Waals surface area contributed by atoms with Crippen LogP contribution in [-0.2, 0) is 4.79 Å². The molecule has 21 heavy (non-hydrogen) atoms. The zero-order valence-corrected chi connectivity index (χ0v) is 13.4. The van der Waals surface area contributed by atoms with Gasteiger partial charge in [0.1, 0.15) is 5.78 Å². The standard InChI is InChI=1S/C19H28O2/c1-18-9-7-13(20)11-12(18)3-4-14-15-5-6-17(21)19(15,2)10-8-16(14)18/h11,13-16,20H,3-10H2,1-2H3/t13-,14+,15-,16+,18+,19-/m0/s1. The van der Waals surface area contributed by atoms with Gasteiger partial charge in [-0.2, -0.15) is 0 Å². The molecule has 0 unspecified atom stereocenters. The second-order valence-electron chi connectivity index (χ2n) is 8.55. The fourth-order valence-corrected chi connectivity index (χ4v) is 6.48. The van der Waals surface area contributed by atoms with E-state index in [1.807, 2.05) is 0 Å². The Morgan fingerprint density at radius 1 is 1.00 bits per heavy atom. The molecular formula is C19H28O2. The second kappa shape index (κ2) is 4.44. The van der Waals surface area contributed by atoms with E-state index in [4.69, 9.17) is 0 Å². The van der Waals surface area contributed by atoms with Gasteiger partial charge in [-0.25, -0.2) is 0 Å². The number of hydrogen-bond acceptors (Lipinski definition) is 2. The third kappa shape index (κ3) is 1.78. The SMILES string of the molecule is C[C@@]12CC[C@H](O)C=C1CC[C@H]1[C@H]2CC[C@]2(C)C(=O)CC[C@@H]12. The summed E-state index contributed by atoms with van der Waals surface area (Å²) >= 11 is 0. The van der Waals surface area contributed by atoms with Crippen LogP contribution in [0.5, 0.6) is 0 Å². The summed E-state index contributed by atoms with van der Waals surface area (Å²) in [6.45, 7) is 4.70. The van der Waals surface area contributed by atoms with Crippen molar-refractivity contribution in [3.8, 4) is 0 Å². The van der Waals surface area contributed by atoms with Crippen molar-refractivity contribution in [3.05, 3.63) is 11.6 Å². The lowest BCUT2D eigenvalue weighted by molar-refractivity contribution is -0.132. The molecule has 2 heteroatoms. The second-order valence-corrected chi connectivity index (χ2v) is 8.55. The number of aliphatic hydroxyl groups is 1. The van der Waals surface area contributed by atoms with Crippen LogP contribution in [-0.4, -0.2) is 17.0 Å². The summed E-state index contributed by atoms with van der Waals surface area (Å²) in [6.07, 6.45) is 10.7. The van der Waals surface area contributed by atoms with E-state index in [-0.39, 0.29) is 11.5 Å². The molecule has 0 aromatic heterocycles. The molecule has 0 amide bonds. The van der Waals surface area contributed by atoms with Crippen LogP contribution in [0.1, 0.15) is 65.2 Å².